The minimum atomic E-state index is -0.759. The Morgan fingerprint density at radius 2 is 2.10 bits per heavy atom. The summed E-state index contributed by atoms with van der Waals surface area (Å²) in [4.78, 5) is 3.55. The van der Waals surface area contributed by atoms with Crippen LogP contribution in [0.1, 0.15) is 26.5 Å². The molecule has 56 valence electrons. The predicted molar refractivity (Wildman–Crippen MR) is 35.2 cm³/mol. The van der Waals surface area contributed by atoms with Crippen LogP contribution in [-0.2, 0) is 5.41 Å². The van der Waals surface area contributed by atoms with Crippen molar-refractivity contribution < 1.29 is 8.81 Å². The van der Waals surface area contributed by atoms with Crippen LogP contribution < -0.4 is 0 Å². The van der Waals surface area contributed by atoms with E-state index in [2.05, 4.69) is 9.40 Å². The van der Waals surface area contributed by atoms with E-state index in [4.69, 9.17) is 0 Å². The molecule has 0 spiro atoms. The summed E-state index contributed by atoms with van der Waals surface area (Å²) in [6.07, 6.45) is 0.583. The molecule has 0 N–H and O–H groups in total. The molecular formula is C7H10FNO. The SMILES string of the molecule is CC(C)(C)c1coc(F)n1. The summed E-state index contributed by atoms with van der Waals surface area (Å²) in [5.41, 5.74) is 0.512. The quantitative estimate of drug-likeness (QED) is 0.556. The molecule has 1 aromatic rings. The highest BCUT2D eigenvalue weighted by Gasteiger charge is 2.18. The predicted octanol–water partition coefficient (Wildman–Crippen LogP) is 2.11. The Balaban J connectivity index is 2.96. The average Bonchev–Trinajstić information content (AvgIpc) is 2.11. The minimum Gasteiger partial charge on any atom is -0.423 e. The number of oxazole rings is 1. The van der Waals surface area contributed by atoms with Crippen LogP contribution in [0.2, 0.25) is 0 Å². The molecule has 0 aliphatic rings. The second kappa shape index (κ2) is 2.08. The minimum absolute atomic E-state index is 0.131. The lowest BCUT2D eigenvalue weighted by atomic mass is 9.93. The zero-order chi connectivity index (χ0) is 7.78. The van der Waals surface area contributed by atoms with Gasteiger partial charge < -0.3 is 4.42 Å². The first-order valence-corrected chi connectivity index (χ1v) is 3.11. The Labute approximate surface area is 59.1 Å². The van der Waals surface area contributed by atoms with Gasteiger partial charge in [-0.2, -0.15) is 4.98 Å². The summed E-state index contributed by atoms with van der Waals surface area (Å²) in [6, 6.07) is 0. The molecule has 0 radical (unpaired) electrons. The van der Waals surface area contributed by atoms with Gasteiger partial charge in [0.2, 0.25) is 0 Å². The third kappa shape index (κ3) is 1.35. The van der Waals surface area contributed by atoms with Crippen LogP contribution in [0.5, 0.6) is 0 Å². The van der Waals surface area contributed by atoms with Gasteiger partial charge in [-0.3, -0.25) is 0 Å². The Morgan fingerprint density at radius 3 is 2.30 bits per heavy atom. The number of hydrogen-bond donors (Lipinski definition) is 0. The first-order chi connectivity index (χ1) is 4.50. The molecule has 0 bridgehead atoms. The summed E-state index contributed by atoms with van der Waals surface area (Å²) in [5.74, 6) is 0. The number of nitrogens with zero attached hydrogens (tertiary/aromatic N) is 1. The highest BCUT2D eigenvalue weighted by molar-refractivity contribution is 5.05. The highest BCUT2D eigenvalue weighted by Crippen LogP contribution is 2.20. The molecule has 1 heterocycles. The van der Waals surface area contributed by atoms with Crippen molar-refractivity contribution in [3.63, 3.8) is 0 Å². The van der Waals surface area contributed by atoms with Crippen LogP contribution in [0.3, 0.4) is 0 Å². The molecule has 0 aromatic carbocycles. The standard InChI is InChI=1S/C7H10FNO/c1-7(2,3)5-4-10-6(8)9-5/h4H,1-3H3. The molecule has 2 nitrogen and oxygen atoms in total. The maximum Gasteiger partial charge on any atom is 0.381 e. The van der Waals surface area contributed by atoms with Crippen LogP contribution in [0, 0.1) is 6.14 Å². The van der Waals surface area contributed by atoms with E-state index in [1.807, 2.05) is 20.8 Å². The lowest BCUT2D eigenvalue weighted by Gasteiger charge is -2.12. The lowest BCUT2D eigenvalue weighted by Crippen LogP contribution is -2.11. The summed E-state index contributed by atoms with van der Waals surface area (Å²) in [6.45, 7) is 5.85. The zero-order valence-corrected chi connectivity index (χ0v) is 6.31. The Kier molecular flexibility index (Phi) is 1.50. The van der Waals surface area contributed by atoms with Gasteiger partial charge in [0.25, 0.3) is 0 Å². The van der Waals surface area contributed by atoms with E-state index in [1.165, 1.54) is 6.26 Å². The Morgan fingerprint density at radius 1 is 1.50 bits per heavy atom. The molecule has 0 atom stereocenters. The van der Waals surface area contributed by atoms with E-state index < -0.39 is 6.14 Å². The molecule has 1 aromatic heterocycles. The monoisotopic (exact) mass is 143 g/mol. The van der Waals surface area contributed by atoms with Gasteiger partial charge >= 0.3 is 6.14 Å². The number of hydrogen-bond acceptors (Lipinski definition) is 2. The van der Waals surface area contributed by atoms with Crippen molar-refractivity contribution in [1.82, 2.24) is 4.98 Å². The maximum atomic E-state index is 12.2. The van der Waals surface area contributed by atoms with Crippen LogP contribution in [0.4, 0.5) is 4.39 Å². The lowest BCUT2D eigenvalue weighted by molar-refractivity contribution is 0.336. The van der Waals surface area contributed by atoms with Crippen LogP contribution in [-0.4, -0.2) is 4.98 Å². The molecule has 10 heavy (non-hydrogen) atoms. The van der Waals surface area contributed by atoms with E-state index in [0.29, 0.717) is 5.69 Å². The molecule has 3 heteroatoms. The Hall–Kier alpha value is -0.860. The largest absolute Gasteiger partial charge is 0.423 e. The first kappa shape index (κ1) is 7.25. The third-order valence-electron chi connectivity index (χ3n) is 1.24. The molecule has 0 unspecified atom stereocenters. The smallest absolute Gasteiger partial charge is 0.381 e. The average molecular weight is 143 g/mol. The molecule has 0 fully saturated rings. The third-order valence-corrected chi connectivity index (χ3v) is 1.24. The maximum absolute atomic E-state index is 12.2. The fourth-order valence-electron chi connectivity index (χ4n) is 0.596. The number of rotatable bonds is 0. The second-order valence-corrected chi connectivity index (χ2v) is 3.24. The van der Waals surface area contributed by atoms with E-state index in [-0.39, 0.29) is 5.41 Å². The fraction of sp³-hybridized carbons (Fsp3) is 0.571. The van der Waals surface area contributed by atoms with E-state index in [1.54, 1.807) is 0 Å². The van der Waals surface area contributed by atoms with Gasteiger partial charge in [-0.25, -0.2) is 0 Å². The van der Waals surface area contributed by atoms with Crippen LogP contribution >= 0.6 is 0 Å². The second-order valence-electron chi connectivity index (χ2n) is 3.24. The summed E-state index contributed by atoms with van der Waals surface area (Å²) < 4.78 is 16.6. The number of aromatic nitrogens is 1. The number of halogens is 1. The van der Waals surface area contributed by atoms with Gasteiger partial charge in [-0.05, 0) is 0 Å². The van der Waals surface area contributed by atoms with Gasteiger partial charge in [-0.15, -0.1) is 4.39 Å². The summed E-state index contributed by atoms with van der Waals surface area (Å²) in [7, 11) is 0. The molecule has 0 aliphatic carbocycles. The van der Waals surface area contributed by atoms with Crippen molar-refractivity contribution in [3.8, 4) is 0 Å². The molecule has 0 saturated heterocycles. The van der Waals surface area contributed by atoms with Gasteiger partial charge in [0.1, 0.15) is 6.26 Å². The molecule has 0 amide bonds. The van der Waals surface area contributed by atoms with E-state index in [0.717, 1.165) is 0 Å². The van der Waals surface area contributed by atoms with Crippen molar-refractivity contribution in [1.29, 1.82) is 0 Å². The summed E-state index contributed by atoms with van der Waals surface area (Å²) in [5, 5.41) is 0. The van der Waals surface area contributed by atoms with E-state index >= 15 is 0 Å². The van der Waals surface area contributed by atoms with Crippen molar-refractivity contribution >= 4 is 0 Å². The van der Waals surface area contributed by atoms with Crippen LogP contribution in [0.15, 0.2) is 10.7 Å². The van der Waals surface area contributed by atoms with Gasteiger partial charge in [0.15, 0.2) is 0 Å². The molecule has 0 aliphatic heterocycles. The van der Waals surface area contributed by atoms with E-state index in [9.17, 15) is 4.39 Å². The highest BCUT2D eigenvalue weighted by atomic mass is 19.1. The van der Waals surface area contributed by atoms with Gasteiger partial charge in [-0.1, -0.05) is 20.8 Å². The zero-order valence-electron chi connectivity index (χ0n) is 6.31. The van der Waals surface area contributed by atoms with Crippen molar-refractivity contribution in [2.45, 2.75) is 26.2 Å². The molecule has 0 saturated carbocycles. The van der Waals surface area contributed by atoms with Gasteiger partial charge in [0, 0.05) is 5.41 Å². The molecular weight excluding hydrogens is 133 g/mol. The fourth-order valence-corrected chi connectivity index (χ4v) is 0.596. The van der Waals surface area contributed by atoms with Crippen LogP contribution in [0.25, 0.3) is 0 Å². The normalized spacial score (nSPS) is 12.0. The van der Waals surface area contributed by atoms with Crippen molar-refractivity contribution in [2.24, 2.45) is 0 Å². The van der Waals surface area contributed by atoms with Crippen molar-refractivity contribution in [3.05, 3.63) is 18.1 Å². The first-order valence-electron chi connectivity index (χ1n) is 3.11. The van der Waals surface area contributed by atoms with Gasteiger partial charge in [0.05, 0.1) is 5.69 Å². The Bertz CT molecular complexity index is 224. The topological polar surface area (TPSA) is 26.0 Å². The summed E-state index contributed by atoms with van der Waals surface area (Å²) >= 11 is 0. The molecule has 1 rings (SSSR count). The van der Waals surface area contributed by atoms with Crippen molar-refractivity contribution in [2.75, 3.05) is 0 Å².